The Morgan fingerprint density at radius 3 is 2.69 bits per heavy atom. The maximum absolute atomic E-state index is 13.3. The lowest BCUT2D eigenvalue weighted by molar-refractivity contribution is -0.126. The largest absolute Gasteiger partial charge is 0.284 e. The van der Waals surface area contributed by atoms with Crippen LogP contribution in [0.1, 0.15) is 48.4 Å². The van der Waals surface area contributed by atoms with E-state index in [1.165, 1.54) is 16.3 Å². The Labute approximate surface area is 194 Å². The molecule has 0 aliphatic carbocycles. The van der Waals surface area contributed by atoms with E-state index in [9.17, 15) is 4.79 Å². The predicted octanol–water partition coefficient (Wildman–Crippen LogP) is 6.48. The van der Waals surface area contributed by atoms with Crippen molar-refractivity contribution in [2.24, 2.45) is 10.2 Å². The first-order valence-electron chi connectivity index (χ1n) is 11.2. The summed E-state index contributed by atoms with van der Waals surface area (Å²) in [7, 11) is 0. The summed E-state index contributed by atoms with van der Waals surface area (Å²) in [5.74, 6) is 0.136. The number of amides is 1. The number of carbonyl (C=O) groups is 1. The van der Waals surface area contributed by atoms with Gasteiger partial charge >= 0.3 is 0 Å². The molecule has 1 atom stereocenters. The number of thioether (sulfide) groups is 1. The molecular formula is C27H29N3OS. The lowest BCUT2D eigenvalue weighted by atomic mass is 10.0. The van der Waals surface area contributed by atoms with Gasteiger partial charge in [0, 0.05) is 0 Å². The minimum absolute atomic E-state index is 0.0833. The van der Waals surface area contributed by atoms with Crippen molar-refractivity contribution in [1.82, 2.24) is 4.90 Å². The first-order valence-corrected chi connectivity index (χ1v) is 12.1. The second-order valence-corrected chi connectivity index (χ2v) is 9.47. The van der Waals surface area contributed by atoms with E-state index in [2.05, 4.69) is 79.5 Å². The lowest BCUT2D eigenvalue weighted by Gasteiger charge is -2.17. The van der Waals surface area contributed by atoms with E-state index >= 15 is 0 Å². The molecule has 1 heterocycles. The zero-order valence-electron chi connectivity index (χ0n) is 18.9. The van der Waals surface area contributed by atoms with Crippen LogP contribution in [0.15, 0.2) is 70.9 Å². The van der Waals surface area contributed by atoms with Crippen LogP contribution in [0.5, 0.6) is 0 Å². The third kappa shape index (κ3) is 4.94. The minimum atomic E-state index is -0.0833. The number of aryl methyl sites for hydroxylation is 2. The molecule has 1 saturated heterocycles. The van der Waals surface area contributed by atoms with Crippen LogP contribution in [0, 0.1) is 13.8 Å². The molecule has 1 aliphatic heterocycles. The molecule has 0 radical (unpaired) electrons. The van der Waals surface area contributed by atoms with Crippen LogP contribution in [-0.4, -0.2) is 27.4 Å². The maximum Gasteiger partial charge on any atom is 0.242 e. The van der Waals surface area contributed by atoms with Crippen LogP contribution in [0.4, 0.5) is 0 Å². The summed E-state index contributed by atoms with van der Waals surface area (Å²) in [6, 6.07) is 20.8. The summed E-state index contributed by atoms with van der Waals surface area (Å²) in [4.78, 5) is 15.1. The molecule has 0 bridgehead atoms. The fourth-order valence-electron chi connectivity index (χ4n) is 4.02. The third-order valence-electron chi connectivity index (χ3n) is 5.81. The van der Waals surface area contributed by atoms with Crippen LogP contribution >= 0.6 is 11.8 Å². The second kappa shape index (κ2) is 10.1. The molecule has 32 heavy (non-hydrogen) atoms. The van der Waals surface area contributed by atoms with Crippen molar-refractivity contribution in [2.75, 3.05) is 0 Å². The van der Waals surface area contributed by atoms with Gasteiger partial charge in [-0.15, -0.1) is 5.10 Å². The van der Waals surface area contributed by atoms with E-state index in [1.54, 1.807) is 18.0 Å². The normalized spacial score (nSPS) is 17.8. The van der Waals surface area contributed by atoms with Crippen molar-refractivity contribution >= 4 is 39.8 Å². The van der Waals surface area contributed by atoms with Crippen molar-refractivity contribution < 1.29 is 4.79 Å². The fraction of sp³-hybridized carbons (Fsp3) is 0.296. The molecule has 164 valence electrons. The number of benzene rings is 3. The number of amidine groups is 1. The van der Waals surface area contributed by atoms with E-state index < -0.39 is 0 Å². The molecule has 0 unspecified atom stereocenters. The molecule has 5 heteroatoms. The molecule has 3 aromatic rings. The SMILES string of the molecule is CCCC[C@@H]1S/C(=N\N=C/c2ccc(C)cc2C)N(Cc2cccc3ccccc23)C1=O. The van der Waals surface area contributed by atoms with E-state index in [0.717, 1.165) is 36.0 Å². The van der Waals surface area contributed by atoms with Gasteiger partial charge in [0.2, 0.25) is 5.91 Å². The van der Waals surface area contributed by atoms with E-state index in [1.807, 2.05) is 17.0 Å². The predicted molar refractivity (Wildman–Crippen MR) is 136 cm³/mol. The van der Waals surface area contributed by atoms with Gasteiger partial charge in [-0.25, -0.2) is 0 Å². The van der Waals surface area contributed by atoms with Gasteiger partial charge in [0.1, 0.15) is 0 Å². The Hall–Kier alpha value is -2.92. The van der Waals surface area contributed by atoms with Crippen LogP contribution < -0.4 is 0 Å². The van der Waals surface area contributed by atoms with Crippen LogP contribution in [0.3, 0.4) is 0 Å². The Bertz CT molecular complexity index is 1180. The molecule has 0 aromatic heterocycles. The van der Waals surface area contributed by atoms with Crippen molar-refractivity contribution in [3.05, 3.63) is 82.9 Å². The average molecular weight is 444 g/mol. The van der Waals surface area contributed by atoms with Gasteiger partial charge in [-0.3, -0.25) is 9.69 Å². The summed E-state index contributed by atoms with van der Waals surface area (Å²) in [6.45, 7) is 6.81. The van der Waals surface area contributed by atoms with Crippen LogP contribution in [0.25, 0.3) is 10.8 Å². The Kier molecular flexibility index (Phi) is 7.05. The summed E-state index contributed by atoms with van der Waals surface area (Å²) >= 11 is 1.55. The fourth-order valence-corrected chi connectivity index (χ4v) is 5.16. The van der Waals surface area contributed by atoms with Gasteiger partial charge < -0.3 is 0 Å². The molecule has 1 fully saturated rings. The molecule has 1 amide bonds. The quantitative estimate of drug-likeness (QED) is 0.310. The molecule has 0 saturated carbocycles. The third-order valence-corrected chi connectivity index (χ3v) is 7.05. The zero-order chi connectivity index (χ0) is 22.5. The monoisotopic (exact) mass is 443 g/mol. The highest BCUT2D eigenvalue weighted by Gasteiger charge is 2.37. The lowest BCUT2D eigenvalue weighted by Crippen LogP contribution is -2.31. The summed E-state index contributed by atoms with van der Waals surface area (Å²) in [5, 5.41) is 11.8. The number of fused-ring (bicyclic) bond motifs is 1. The number of hydrogen-bond acceptors (Lipinski definition) is 4. The number of rotatable bonds is 7. The number of nitrogens with zero attached hydrogens (tertiary/aromatic N) is 3. The van der Waals surface area contributed by atoms with E-state index in [4.69, 9.17) is 0 Å². The first kappa shape index (κ1) is 22.3. The maximum atomic E-state index is 13.3. The molecule has 0 spiro atoms. The highest BCUT2D eigenvalue weighted by molar-refractivity contribution is 8.15. The van der Waals surface area contributed by atoms with Crippen molar-refractivity contribution in [3.8, 4) is 0 Å². The molecule has 3 aromatic carbocycles. The number of carbonyl (C=O) groups excluding carboxylic acids is 1. The van der Waals surface area contributed by atoms with Gasteiger partial charge in [0.05, 0.1) is 18.0 Å². The molecular weight excluding hydrogens is 414 g/mol. The summed E-state index contributed by atoms with van der Waals surface area (Å²) < 4.78 is 0. The van der Waals surface area contributed by atoms with Gasteiger partial charge in [-0.2, -0.15) is 5.10 Å². The smallest absolute Gasteiger partial charge is 0.242 e. The topological polar surface area (TPSA) is 45.0 Å². The minimum Gasteiger partial charge on any atom is -0.284 e. The van der Waals surface area contributed by atoms with E-state index in [-0.39, 0.29) is 11.2 Å². The number of unbranched alkanes of at least 4 members (excludes halogenated alkanes) is 1. The molecule has 4 rings (SSSR count). The highest BCUT2D eigenvalue weighted by Crippen LogP contribution is 2.33. The van der Waals surface area contributed by atoms with Crippen LogP contribution in [0.2, 0.25) is 0 Å². The van der Waals surface area contributed by atoms with E-state index in [0.29, 0.717) is 11.7 Å². The average Bonchev–Trinajstić information content (AvgIpc) is 3.08. The first-order chi connectivity index (χ1) is 15.6. The summed E-state index contributed by atoms with van der Waals surface area (Å²) in [6.07, 6.45) is 4.75. The van der Waals surface area contributed by atoms with Gasteiger partial charge in [0.25, 0.3) is 0 Å². The number of hydrogen-bond donors (Lipinski definition) is 0. The van der Waals surface area contributed by atoms with Crippen molar-refractivity contribution in [1.29, 1.82) is 0 Å². The van der Waals surface area contributed by atoms with Gasteiger partial charge in [0.15, 0.2) is 5.17 Å². The summed E-state index contributed by atoms with van der Waals surface area (Å²) in [5.41, 5.74) is 4.55. The Morgan fingerprint density at radius 1 is 1.06 bits per heavy atom. The zero-order valence-corrected chi connectivity index (χ0v) is 19.7. The van der Waals surface area contributed by atoms with Crippen molar-refractivity contribution in [3.63, 3.8) is 0 Å². The standard InChI is InChI=1S/C27H29N3OS/c1-4-5-13-25-26(31)30(18-23-11-8-10-21-9-6-7-12-24(21)23)27(32-25)29-28-17-22-15-14-19(2)16-20(22)3/h6-12,14-17,25H,4-5,13,18H2,1-3H3/b28-17-,29-27-/t25-/m0/s1. The second-order valence-electron chi connectivity index (χ2n) is 8.30. The van der Waals surface area contributed by atoms with Gasteiger partial charge in [-0.1, -0.05) is 97.8 Å². The Morgan fingerprint density at radius 2 is 1.88 bits per heavy atom. The molecule has 0 N–H and O–H groups in total. The van der Waals surface area contributed by atoms with Gasteiger partial charge in [-0.05, 0) is 47.7 Å². The molecule has 4 nitrogen and oxygen atoms in total. The highest BCUT2D eigenvalue weighted by atomic mass is 32.2. The van der Waals surface area contributed by atoms with Crippen LogP contribution in [-0.2, 0) is 11.3 Å². The Balaban J connectivity index is 1.62. The molecule has 1 aliphatic rings. The van der Waals surface area contributed by atoms with Crippen molar-refractivity contribution in [2.45, 2.75) is 51.8 Å².